The van der Waals surface area contributed by atoms with E-state index in [0.717, 1.165) is 0 Å². The van der Waals surface area contributed by atoms with Gasteiger partial charge in [-0.25, -0.2) is 0 Å². The van der Waals surface area contributed by atoms with Crippen LogP contribution in [0.2, 0.25) is 0 Å². The van der Waals surface area contributed by atoms with Crippen LogP contribution in [-0.4, -0.2) is 28.6 Å². The van der Waals surface area contributed by atoms with Gasteiger partial charge in [-0.1, -0.05) is 6.07 Å². The highest BCUT2D eigenvalue weighted by atomic mass is 32.1. The highest BCUT2D eigenvalue weighted by molar-refractivity contribution is 7.12. The summed E-state index contributed by atoms with van der Waals surface area (Å²) in [6.45, 7) is 0.482. The van der Waals surface area contributed by atoms with E-state index in [2.05, 4.69) is 20.8 Å². The standard InChI is InChI=1S/C12H14N4O2S/c17-11(16-9-7-14-15-8-9)4-1-5-13-12(18)10-3-2-6-19-10/h2-3,6-8H,1,4-5H2,(H,13,18)(H,14,15)(H,16,17). The minimum Gasteiger partial charge on any atom is -0.351 e. The smallest absolute Gasteiger partial charge is 0.261 e. The first-order chi connectivity index (χ1) is 9.25. The Bertz CT molecular complexity index is 522. The Labute approximate surface area is 114 Å². The third kappa shape index (κ3) is 4.22. The molecule has 2 aromatic heterocycles. The van der Waals surface area contributed by atoms with Gasteiger partial charge in [0.2, 0.25) is 5.91 Å². The molecular formula is C12H14N4O2S. The maximum absolute atomic E-state index is 11.6. The fraction of sp³-hybridized carbons (Fsp3) is 0.250. The van der Waals surface area contributed by atoms with Crippen LogP contribution in [0.15, 0.2) is 29.9 Å². The zero-order valence-corrected chi connectivity index (χ0v) is 11.0. The fourth-order valence-corrected chi connectivity index (χ4v) is 2.13. The van der Waals surface area contributed by atoms with E-state index in [1.165, 1.54) is 17.5 Å². The summed E-state index contributed by atoms with van der Waals surface area (Å²) in [7, 11) is 0. The molecule has 0 unspecified atom stereocenters. The molecule has 0 radical (unpaired) electrons. The van der Waals surface area contributed by atoms with Crippen LogP contribution in [-0.2, 0) is 4.79 Å². The Morgan fingerprint density at radius 3 is 3.00 bits per heavy atom. The number of aromatic nitrogens is 2. The molecule has 0 spiro atoms. The number of hydrogen-bond donors (Lipinski definition) is 3. The molecule has 0 aliphatic rings. The highest BCUT2D eigenvalue weighted by Gasteiger charge is 2.06. The molecule has 0 aliphatic heterocycles. The first-order valence-corrected chi connectivity index (χ1v) is 6.74. The van der Waals surface area contributed by atoms with Crippen LogP contribution in [0.1, 0.15) is 22.5 Å². The number of aromatic amines is 1. The van der Waals surface area contributed by atoms with Gasteiger partial charge in [0.25, 0.3) is 5.91 Å². The molecule has 0 saturated carbocycles. The molecule has 7 heteroatoms. The number of thiophene rings is 1. The lowest BCUT2D eigenvalue weighted by molar-refractivity contribution is -0.116. The van der Waals surface area contributed by atoms with E-state index in [9.17, 15) is 9.59 Å². The van der Waals surface area contributed by atoms with Crippen molar-refractivity contribution in [2.45, 2.75) is 12.8 Å². The number of carbonyl (C=O) groups excluding carboxylic acids is 2. The average molecular weight is 278 g/mol. The number of hydrogen-bond acceptors (Lipinski definition) is 4. The Morgan fingerprint density at radius 1 is 1.42 bits per heavy atom. The maximum atomic E-state index is 11.6. The fourth-order valence-electron chi connectivity index (χ4n) is 1.49. The van der Waals surface area contributed by atoms with Crippen molar-refractivity contribution in [3.63, 3.8) is 0 Å². The topological polar surface area (TPSA) is 86.9 Å². The van der Waals surface area contributed by atoms with Crippen LogP contribution in [0, 0.1) is 0 Å². The van der Waals surface area contributed by atoms with Crippen LogP contribution < -0.4 is 10.6 Å². The molecule has 6 nitrogen and oxygen atoms in total. The number of nitrogens with one attached hydrogen (secondary N) is 3. The predicted octanol–water partition coefficient (Wildman–Crippen LogP) is 1.62. The van der Waals surface area contributed by atoms with Crippen molar-refractivity contribution < 1.29 is 9.59 Å². The van der Waals surface area contributed by atoms with E-state index in [0.29, 0.717) is 30.0 Å². The van der Waals surface area contributed by atoms with E-state index >= 15 is 0 Å². The van der Waals surface area contributed by atoms with Gasteiger partial charge in [-0.15, -0.1) is 11.3 Å². The van der Waals surface area contributed by atoms with E-state index < -0.39 is 0 Å². The third-order valence-corrected chi connectivity index (χ3v) is 3.26. The van der Waals surface area contributed by atoms with Gasteiger partial charge in [-0.3, -0.25) is 14.7 Å². The van der Waals surface area contributed by atoms with Crippen LogP contribution >= 0.6 is 11.3 Å². The summed E-state index contributed by atoms with van der Waals surface area (Å²) in [5.41, 5.74) is 0.646. The van der Waals surface area contributed by atoms with E-state index in [-0.39, 0.29) is 11.8 Å². The van der Waals surface area contributed by atoms with Gasteiger partial charge >= 0.3 is 0 Å². The first-order valence-electron chi connectivity index (χ1n) is 5.86. The van der Waals surface area contributed by atoms with Gasteiger partial charge in [-0.05, 0) is 17.9 Å². The molecule has 2 aromatic rings. The van der Waals surface area contributed by atoms with Gasteiger partial charge in [0.05, 0.1) is 16.8 Å². The van der Waals surface area contributed by atoms with Gasteiger partial charge in [-0.2, -0.15) is 5.10 Å². The number of H-pyrrole nitrogens is 1. The molecule has 2 rings (SSSR count). The normalized spacial score (nSPS) is 10.1. The molecule has 0 saturated heterocycles. The lowest BCUT2D eigenvalue weighted by Crippen LogP contribution is -2.24. The van der Waals surface area contributed by atoms with E-state index in [4.69, 9.17) is 0 Å². The zero-order chi connectivity index (χ0) is 13.5. The molecule has 19 heavy (non-hydrogen) atoms. The van der Waals surface area contributed by atoms with Crippen molar-refractivity contribution in [1.82, 2.24) is 15.5 Å². The molecule has 3 N–H and O–H groups in total. The molecule has 0 atom stereocenters. The second-order valence-electron chi connectivity index (χ2n) is 3.87. The Kier molecular flexibility index (Phi) is 4.68. The third-order valence-electron chi connectivity index (χ3n) is 2.39. The van der Waals surface area contributed by atoms with Crippen LogP contribution in [0.5, 0.6) is 0 Å². The van der Waals surface area contributed by atoms with Gasteiger partial charge in [0.1, 0.15) is 0 Å². The second-order valence-corrected chi connectivity index (χ2v) is 4.82. The average Bonchev–Trinajstić information content (AvgIpc) is 3.06. The number of nitrogens with zero attached hydrogens (tertiary/aromatic N) is 1. The van der Waals surface area contributed by atoms with Gasteiger partial charge in [0, 0.05) is 19.2 Å². The minimum absolute atomic E-state index is 0.0910. The molecule has 0 aliphatic carbocycles. The van der Waals surface area contributed by atoms with Crippen LogP contribution in [0.3, 0.4) is 0 Å². The Balaban J connectivity index is 1.61. The lowest BCUT2D eigenvalue weighted by Gasteiger charge is -2.04. The van der Waals surface area contributed by atoms with Crippen LogP contribution in [0.4, 0.5) is 5.69 Å². The summed E-state index contributed by atoms with van der Waals surface area (Å²) >= 11 is 1.40. The van der Waals surface area contributed by atoms with E-state index in [1.807, 2.05) is 11.4 Å². The number of anilines is 1. The molecule has 100 valence electrons. The van der Waals surface area contributed by atoms with Crippen molar-refractivity contribution in [3.8, 4) is 0 Å². The quantitative estimate of drug-likeness (QED) is 0.702. The van der Waals surface area contributed by atoms with Crippen molar-refractivity contribution in [3.05, 3.63) is 34.8 Å². The molecule has 0 aromatic carbocycles. The monoisotopic (exact) mass is 278 g/mol. The number of amides is 2. The van der Waals surface area contributed by atoms with Gasteiger partial charge in [0.15, 0.2) is 0 Å². The van der Waals surface area contributed by atoms with Crippen molar-refractivity contribution in [2.24, 2.45) is 0 Å². The summed E-state index contributed by atoms with van der Waals surface area (Å²) in [6.07, 6.45) is 4.10. The first kappa shape index (κ1) is 13.3. The second kappa shape index (κ2) is 6.69. The lowest BCUT2D eigenvalue weighted by atomic mass is 10.3. The molecule has 0 fully saturated rings. The number of carbonyl (C=O) groups is 2. The van der Waals surface area contributed by atoms with Gasteiger partial charge < -0.3 is 10.6 Å². The summed E-state index contributed by atoms with van der Waals surface area (Å²) in [4.78, 5) is 23.8. The van der Waals surface area contributed by atoms with Crippen molar-refractivity contribution in [2.75, 3.05) is 11.9 Å². The maximum Gasteiger partial charge on any atom is 0.261 e. The number of rotatable bonds is 6. The largest absolute Gasteiger partial charge is 0.351 e. The van der Waals surface area contributed by atoms with E-state index in [1.54, 1.807) is 12.3 Å². The van der Waals surface area contributed by atoms with Crippen molar-refractivity contribution in [1.29, 1.82) is 0 Å². The Hall–Kier alpha value is -2.15. The molecule has 0 bridgehead atoms. The minimum atomic E-state index is -0.0924. The zero-order valence-electron chi connectivity index (χ0n) is 10.2. The Morgan fingerprint density at radius 2 is 2.32 bits per heavy atom. The van der Waals surface area contributed by atoms with Crippen molar-refractivity contribution >= 4 is 28.8 Å². The molecule has 2 heterocycles. The van der Waals surface area contributed by atoms with Crippen LogP contribution in [0.25, 0.3) is 0 Å². The molecule has 2 amide bonds. The SMILES string of the molecule is O=C(CCCNC(=O)c1cccs1)Nc1cn[nH]c1. The summed E-state index contributed by atoms with van der Waals surface area (Å²) in [5.74, 6) is -0.183. The summed E-state index contributed by atoms with van der Waals surface area (Å²) in [6, 6.07) is 3.60. The highest BCUT2D eigenvalue weighted by Crippen LogP contribution is 2.07. The summed E-state index contributed by atoms with van der Waals surface area (Å²) < 4.78 is 0. The predicted molar refractivity (Wildman–Crippen MR) is 73.1 cm³/mol. The summed E-state index contributed by atoms with van der Waals surface area (Å²) in [5, 5.41) is 13.7. The molecular weight excluding hydrogens is 264 g/mol.